The molecule has 7 nitrogen and oxygen atoms in total. The Labute approximate surface area is 120 Å². The average molecular weight is 287 g/mol. The number of nitrogens with one attached hydrogen (secondary N) is 1. The Balaban J connectivity index is 1.94. The number of hydrogen-bond acceptors (Lipinski definition) is 6. The molecular weight excluding hydrogens is 274 g/mol. The van der Waals surface area contributed by atoms with Gasteiger partial charge in [0.2, 0.25) is 5.91 Å². The summed E-state index contributed by atoms with van der Waals surface area (Å²) in [7, 11) is 1.26. The molecule has 2 aromatic rings. The quantitative estimate of drug-likeness (QED) is 0.863. The van der Waals surface area contributed by atoms with E-state index in [1.54, 1.807) is 6.07 Å². The fraction of sp³-hybridized carbons (Fsp3) is 0.286. The maximum Gasteiger partial charge on any atom is 0.359 e. The van der Waals surface area contributed by atoms with Crippen LogP contribution in [0.15, 0.2) is 29.2 Å². The Morgan fingerprint density at radius 1 is 1.43 bits per heavy atom. The third kappa shape index (κ3) is 2.76. The molecule has 1 fully saturated rings. The molecule has 3 rings (SSSR count). The molecule has 108 valence electrons. The third-order valence-corrected chi connectivity index (χ3v) is 3.15. The van der Waals surface area contributed by atoms with E-state index in [9.17, 15) is 9.59 Å². The van der Waals surface area contributed by atoms with E-state index in [-0.39, 0.29) is 23.3 Å². The van der Waals surface area contributed by atoms with Crippen LogP contribution in [0, 0.1) is 5.92 Å². The summed E-state index contributed by atoms with van der Waals surface area (Å²) in [5.74, 6) is -0.445. The summed E-state index contributed by atoms with van der Waals surface area (Å²) in [6.45, 7) is 0. The second-order valence-electron chi connectivity index (χ2n) is 4.72. The summed E-state index contributed by atoms with van der Waals surface area (Å²) in [6, 6.07) is 1.67. The van der Waals surface area contributed by atoms with E-state index in [4.69, 9.17) is 9.15 Å². The highest BCUT2D eigenvalue weighted by atomic mass is 16.5. The van der Waals surface area contributed by atoms with Crippen LogP contribution in [0.3, 0.4) is 0 Å². The van der Waals surface area contributed by atoms with Crippen LogP contribution >= 0.6 is 0 Å². The number of anilines is 1. The molecule has 2 heterocycles. The standard InChI is InChI=1S/C14H13N3O4/c1-20-14(19)12-11(9-4-5-21-7-9)15-6-10(16-12)17-13(18)8-2-3-8/h4-8H,2-3H2,1H3,(H,16,17,18). The van der Waals surface area contributed by atoms with Gasteiger partial charge in [-0.15, -0.1) is 0 Å². The van der Waals surface area contributed by atoms with Crippen molar-refractivity contribution in [3.8, 4) is 11.3 Å². The van der Waals surface area contributed by atoms with Crippen molar-refractivity contribution in [3.05, 3.63) is 30.5 Å². The number of methoxy groups -OCH3 is 1. The van der Waals surface area contributed by atoms with Crippen LogP contribution in [0.2, 0.25) is 0 Å². The van der Waals surface area contributed by atoms with Crippen molar-refractivity contribution >= 4 is 17.7 Å². The molecule has 0 saturated heterocycles. The maximum absolute atomic E-state index is 11.8. The molecule has 0 atom stereocenters. The van der Waals surface area contributed by atoms with Gasteiger partial charge in [-0.25, -0.2) is 14.8 Å². The molecule has 0 aliphatic heterocycles. The Bertz CT molecular complexity index is 678. The van der Waals surface area contributed by atoms with Gasteiger partial charge in [0.1, 0.15) is 5.69 Å². The molecule has 1 aliphatic carbocycles. The number of amides is 1. The van der Waals surface area contributed by atoms with Crippen LogP contribution in [0.1, 0.15) is 23.3 Å². The molecule has 0 bridgehead atoms. The van der Waals surface area contributed by atoms with Crippen LogP contribution in [0.25, 0.3) is 11.3 Å². The highest BCUT2D eigenvalue weighted by Gasteiger charge is 2.30. The van der Waals surface area contributed by atoms with Crippen LogP contribution in [-0.4, -0.2) is 29.0 Å². The summed E-state index contributed by atoms with van der Waals surface area (Å²) < 4.78 is 9.69. The monoisotopic (exact) mass is 287 g/mol. The lowest BCUT2D eigenvalue weighted by molar-refractivity contribution is -0.117. The molecule has 0 spiro atoms. The summed E-state index contributed by atoms with van der Waals surface area (Å²) >= 11 is 0. The number of ether oxygens (including phenoxy) is 1. The van der Waals surface area contributed by atoms with Gasteiger partial charge in [-0.05, 0) is 18.9 Å². The number of aromatic nitrogens is 2. The first kappa shape index (κ1) is 13.3. The fourth-order valence-corrected chi connectivity index (χ4v) is 1.87. The Hall–Kier alpha value is -2.70. The lowest BCUT2D eigenvalue weighted by atomic mass is 10.2. The van der Waals surface area contributed by atoms with Crippen LogP contribution in [0.5, 0.6) is 0 Å². The van der Waals surface area contributed by atoms with Crippen molar-refractivity contribution in [2.45, 2.75) is 12.8 Å². The van der Waals surface area contributed by atoms with Gasteiger partial charge in [0.15, 0.2) is 11.5 Å². The number of esters is 1. The molecule has 0 unspecified atom stereocenters. The predicted molar refractivity (Wildman–Crippen MR) is 72.4 cm³/mol. The first-order chi connectivity index (χ1) is 10.2. The maximum atomic E-state index is 11.8. The number of hydrogen-bond donors (Lipinski definition) is 1. The molecule has 1 aliphatic rings. The van der Waals surface area contributed by atoms with Gasteiger partial charge in [-0.3, -0.25) is 4.79 Å². The topological polar surface area (TPSA) is 94.3 Å². The van der Waals surface area contributed by atoms with Gasteiger partial charge >= 0.3 is 5.97 Å². The first-order valence-corrected chi connectivity index (χ1v) is 6.48. The van der Waals surface area contributed by atoms with Crippen LogP contribution < -0.4 is 5.32 Å². The first-order valence-electron chi connectivity index (χ1n) is 6.48. The van der Waals surface area contributed by atoms with Gasteiger partial charge in [-0.1, -0.05) is 0 Å². The van der Waals surface area contributed by atoms with Crippen molar-refractivity contribution in [2.24, 2.45) is 5.92 Å². The minimum absolute atomic E-state index is 0.0347. The molecule has 21 heavy (non-hydrogen) atoms. The van der Waals surface area contributed by atoms with Crippen molar-refractivity contribution in [1.29, 1.82) is 0 Å². The molecular formula is C14H13N3O4. The van der Waals surface area contributed by atoms with Crippen LogP contribution in [0.4, 0.5) is 5.82 Å². The van der Waals surface area contributed by atoms with E-state index < -0.39 is 5.97 Å². The largest absolute Gasteiger partial charge is 0.472 e. The second-order valence-corrected chi connectivity index (χ2v) is 4.72. The van der Waals surface area contributed by atoms with Crippen molar-refractivity contribution < 1.29 is 18.7 Å². The molecule has 0 aromatic carbocycles. The summed E-state index contributed by atoms with van der Waals surface area (Å²) in [6.07, 6.45) is 6.11. The molecule has 7 heteroatoms. The number of rotatable bonds is 4. The lowest BCUT2D eigenvalue weighted by Gasteiger charge is -2.08. The molecule has 0 radical (unpaired) electrons. The smallest absolute Gasteiger partial charge is 0.359 e. The molecule has 2 aromatic heterocycles. The van der Waals surface area contributed by atoms with Gasteiger partial charge in [0.25, 0.3) is 0 Å². The van der Waals surface area contributed by atoms with Crippen molar-refractivity contribution in [1.82, 2.24) is 9.97 Å². The fourth-order valence-electron chi connectivity index (χ4n) is 1.87. The molecule has 1 amide bonds. The normalized spacial score (nSPS) is 13.8. The predicted octanol–water partition coefficient (Wildman–Crippen LogP) is 1.87. The zero-order chi connectivity index (χ0) is 14.8. The van der Waals surface area contributed by atoms with E-state index in [0.717, 1.165) is 12.8 Å². The molecule has 1 N–H and O–H groups in total. The molecule has 1 saturated carbocycles. The Kier molecular flexibility index (Phi) is 3.39. The minimum Gasteiger partial charge on any atom is -0.472 e. The SMILES string of the molecule is COC(=O)c1nc(NC(=O)C2CC2)cnc1-c1ccoc1. The number of furan rings is 1. The average Bonchev–Trinajstić information content (AvgIpc) is 3.22. The zero-order valence-corrected chi connectivity index (χ0v) is 11.3. The van der Waals surface area contributed by atoms with Crippen LogP contribution in [-0.2, 0) is 9.53 Å². The number of nitrogens with zero attached hydrogens (tertiary/aromatic N) is 2. The highest BCUT2D eigenvalue weighted by Crippen LogP contribution is 2.30. The van der Waals surface area contributed by atoms with Gasteiger partial charge in [0, 0.05) is 11.5 Å². The van der Waals surface area contributed by atoms with Crippen molar-refractivity contribution in [2.75, 3.05) is 12.4 Å². The van der Waals surface area contributed by atoms with Gasteiger partial charge in [-0.2, -0.15) is 0 Å². The van der Waals surface area contributed by atoms with E-state index in [0.29, 0.717) is 11.3 Å². The number of carbonyl (C=O) groups is 2. The van der Waals surface area contributed by atoms with Gasteiger partial charge < -0.3 is 14.5 Å². The highest BCUT2D eigenvalue weighted by molar-refractivity contribution is 5.96. The van der Waals surface area contributed by atoms with E-state index in [1.165, 1.54) is 25.8 Å². The van der Waals surface area contributed by atoms with E-state index >= 15 is 0 Å². The third-order valence-electron chi connectivity index (χ3n) is 3.15. The zero-order valence-electron chi connectivity index (χ0n) is 11.3. The number of carbonyl (C=O) groups excluding carboxylic acids is 2. The summed E-state index contributed by atoms with van der Waals surface area (Å²) in [5.41, 5.74) is 0.996. The van der Waals surface area contributed by atoms with E-state index in [2.05, 4.69) is 15.3 Å². The second kappa shape index (κ2) is 5.35. The van der Waals surface area contributed by atoms with Crippen molar-refractivity contribution in [3.63, 3.8) is 0 Å². The summed E-state index contributed by atoms with van der Waals surface area (Å²) in [5, 5.41) is 2.65. The van der Waals surface area contributed by atoms with E-state index in [1.807, 2.05) is 0 Å². The lowest BCUT2D eigenvalue weighted by Crippen LogP contribution is -2.17. The Morgan fingerprint density at radius 2 is 2.24 bits per heavy atom. The summed E-state index contributed by atoms with van der Waals surface area (Å²) in [4.78, 5) is 31.9. The minimum atomic E-state index is -0.624. The Morgan fingerprint density at radius 3 is 2.86 bits per heavy atom. The van der Waals surface area contributed by atoms with Gasteiger partial charge in [0.05, 0.1) is 25.8 Å².